The third-order valence-corrected chi connectivity index (χ3v) is 2.31. The van der Waals surface area contributed by atoms with Crippen LogP contribution in [0.2, 0.25) is 0 Å². The van der Waals surface area contributed by atoms with Crippen molar-refractivity contribution in [1.82, 2.24) is 4.98 Å². The molecule has 2 nitrogen and oxygen atoms in total. The maximum absolute atomic E-state index is 6.00. The number of pyridine rings is 1. The van der Waals surface area contributed by atoms with Gasteiger partial charge in [-0.2, -0.15) is 0 Å². The van der Waals surface area contributed by atoms with Crippen molar-refractivity contribution in [2.24, 2.45) is 11.7 Å². The Balaban J connectivity index is 2.71. The van der Waals surface area contributed by atoms with Crippen LogP contribution in [0.4, 0.5) is 0 Å². The maximum atomic E-state index is 6.00. The van der Waals surface area contributed by atoms with Crippen molar-refractivity contribution in [2.45, 2.75) is 26.3 Å². The Hall–Kier alpha value is -0.410. The lowest BCUT2D eigenvalue weighted by atomic mass is 9.99. The van der Waals surface area contributed by atoms with Gasteiger partial charge in [-0.25, -0.2) is 0 Å². The van der Waals surface area contributed by atoms with E-state index in [0.717, 1.165) is 16.5 Å². The molecule has 1 aromatic heterocycles. The van der Waals surface area contributed by atoms with E-state index in [2.05, 4.69) is 34.8 Å². The molecule has 13 heavy (non-hydrogen) atoms. The van der Waals surface area contributed by atoms with Gasteiger partial charge in [-0.3, -0.25) is 4.98 Å². The highest BCUT2D eigenvalue weighted by molar-refractivity contribution is 9.10. The van der Waals surface area contributed by atoms with Gasteiger partial charge in [0, 0.05) is 22.9 Å². The largest absolute Gasteiger partial charge is 0.324 e. The molecule has 1 atom stereocenters. The molecule has 0 radical (unpaired) electrons. The number of nitrogens with zero attached hydrogens (tertiary/aromatic N) is 1. The van der Waals surface area contributed by atoms with E-state index < -0.39 is 0 Å². The number of hydrogen-bond acceptors (Lipinski definition) is 2. The van der Waals surface area contributed by atoms with Crippen molar-refractivity contribution in [3.63, 3.8) is 0 Å². The van der Waals surface area contributed by atoms with Crippen molar-refractivity contribution in [3.05, 3.63) is 28.5 Å². The van der Waals surface area contributed by atoms with Gasteiger partial charge in [0.25, 0.3) is 0 Å². The van der Waals surface area contributed by atoms with Gasteiger partial charge < -0.3 is 5.73 Å². The normalized spacial score (nSPS) is 13.3. The Kier molecular flexibility index (Phi) is 3.88. The number of halogens is 1. The predicted octanol–water partition coefficient (Wildman–Crippen LogP) is 2.89. The number of nitrogens with two attached hydrogens (primary N) is 1. The number of rotatable bonds is 3. The van der Waals surface area contributed by atoms with Gasteiger partial charge >= 0.3 is 0 Å². The second kappa shape index (κ2) is 4.72. The van der Waals surface area contributed by atoms with Crippen molar-refractivity contribution in [3.8, 4) is 0 Å². The van der Waals surface area contributed by atoms with Crippen molar-refractivity contribution < 1.29 is 0 Å². The van der Waals surface area contributed by atoms with E-state index in [1.807, 2.05) is 12.3 Å². The summed E-state index contributed by atoms with van der Waals surface area (Å²) in [4.78, 5) is 4.09. The molecule has 0 aliphatic carbocycles. The van der Waals surface area contributed by atoms with Crippen LogP contribution in [0, 0.1) is 5.92 Å². The highest BCUT2D eigenvalue weighted by Crippen LogP contribution is 2.20. The van der Waals surface area contributed by atoms with E-state index >= 15 is 0 Å². The van der Waals surface area contributed by atoms with Gasteiger partial charge in [-0.15, -0.1) is 0 Å². The molecule has 0 saturated heterocycles. The minimum Gasteiger partial charge on any atom is -0.324 e. The fourth-order valence-electron chi connectivity index (χ4n) is 1.28. The van der Waals surface area contributed by atoms with Crippen molar-refractivity contribution >= 4 is 15.9 Å². The van der Waals surface area contributed by atoms with Crippen molar-refractivity contribution in [2.75, 3.05) is 0 Å². The van der Waals surface area contributed by atoms with Crippen LogP contribution in [0.25, 0.3) is 0 Å². The molecule has 3 heteroatoms. The first-order valence-corrected chi connectivity index (χ1v) is 5.25. The van der Waals surface area contributed by atoms with Gasteiger partial charge in [0.15, 0.2) is 0 Å². The van der Waals surface area contributed by atoms with E-state index in [4.69, 9.17) is 5.73 Å². The van der Waals surface area contributed by atoms with Crippen LogP contribution in [0.3, 0.4) is 0 Å². The van der Waals surface area contributed by atoms with Crippen LogP contribution < -0.4 is 5.73 Å². The van der Waals surface area contributed by atoms with Gasteiger partial charge in [0.2, 0.25) is 0 Å². The predicted molar refractivity (Wildman–Crippen MR) is 58.3 cm³/mol. The van der Waals surface area contributed by atoms with Gasteiger partial charge in [0.05, 0.1) is 0 Å². The molecule has 72 valence electrons. The SMILES string of the molecule is CC(C)CC(N)c1cncc(Br)c1. The zero-order valence-electron chi connectivity index (χ0n) is 8.00. The minimum atomic E-state index is 0.102. The molecule has 0 aliphatic heterocycles. The number of aromatic nitrogens is 1. The molecule has 1 unspecified atom stereocenters. The average Bonchev–Trinajstić information content (AvgIpc) is 2.03. The van der Waals surface area contributed by atoms with Crippen LogP contribution >= 0.6 is 15.9 Å². The Labute approximate surface area is 87.7 Å². The molecule has 0 aliphatic rings. The third-order valence-electron chi connectivity index (χ3n) is 1.88. The molecule has 1 rings (SSSR count). The van der Waals surface area contributed by atoms with Gasteiger partial charge in [-0.05, 0) is 39.9 Å². The Morgan fingerprint density at radius 2 is 2.15 bits per heavy atom. The quantitative estimate of drug-likeness (QED) is 0.886. The molecule has 0 spiro atoms. The van der Waals surface area contributed by atoms with E-state index in [0.29, 0.717) is 5.92 Å². The van der Waals surface area contributed by atoms with Gasteiger partial charge in [0.1, 0.15) is 0 Å². The lowest BCUT2D eigenvalue weighted by Gasteiger charge is -2.13. The second-order valence-corrected chi connectivity index (χ2v) is 4.59. The smallest absolute Gasteiger partial charge is 0.0410 e. The first-order valence-electron chi connectivity index (χ1n) is 4.45. The Bertz CT molecular complexity index is 273. The molecule has 0 amide bonds. The van der Waals surface area contributed by atoms with E-state index in [1.165, 1.54) is 0 Å². The van der Waals surface area contributed by atoms with Crippen LogP contribution in [-0.4, -0.2) is 4.98 Å². The first-order chi connectivity index (χ1) is 6.09. The summed E-state index contributed by atoms with van der Waals surface area (Å²) in [6.07, 6.45) is 4.60. The topological polar surface area (TPSA) is 38.9 Å². The van der Waals surface area contributed by atoms with E-state index in [1.54, 1.807) is 6.20 Å². The van der Waals surface area contributed by atoms with Crippen LogP contribution in [0.5, 0.6) is 0 Å². The van der Waals surface area contributed by atoms with Gasteiger partial charge in [-0.1, -0.05) is 13.8 Å². The summed E-state index contributed by atoms with van der Waals surface area (Å²) in [5.74, 6) is 0.619. The zero-order chi connectivity index (χ0) is 9.84. The number of hydrogen-bond donors (Lipinski definition) is 1. The maximum Gasteiger partial charge on any atom is 0.0410 e. The fourth-order valence-corrected chi connectivity index (χ4v) is 1.66. The third kappa shape index (κ3) is 3.44. The average molecular weight is 243 g/mol. The lowest BCUT2D eigenvalue weighted by molar-refractivity contribution is 0.509. The molecular formula is C10H15BrN2. The molecule has 0 fully saturated rings. The molecule has 1 heterocycles. The molecule has 0 saturated carbocycles. The molecule has 1 aromatic rings. The second-order valence-electron chi connectivity index (χ2n) is 3.67. The minimum absolute atomic E-state index is 0.102. The van der Waals surface area contributed by atoms with Crippen LogP contribution in [0.15, 0.2) is 22.9 Å². The molecule has 0 aromatic carbocycles. The molecule has 2 N–H and O–H groups in total. The monoisotopic (exact) mass is 242 g/mol. The molecular weight excluding hydrogens is 228 g/mol. The summed E-state index contributed by atoms with van der Waals surface area (Å²) >= 11 is 3.38. The van der Waals surface area contributed by atoms with E-state index in [9.17, 15) is 0 Å². The standard InChI is InChI=1S/C10H15BrN2/c1-7(2)3-10(12)8-4-9(11)6-13-5-8/h4-7,10H,3,12H2,1-2H3. The lowest BCUT2D eigenvalue weighted by Crippen LogP contribution is -2.13. The summed E-state index contributed by atoms with van der Waals surface area (Å²) < 4.78 is 0.990. The zero-order valence-corrected chi connectivity index (χ0v) is 9.58. The summed E-state index contributed by atoms with van der Waals surface area (Å²) in [7, 11) is 0. The van der Waals surface area contributed by atoms with E-state index in [-0.39, 0.29) is 6.04 Å². The Morgan fingerprint density at radius 1 is 1.46 bits per heavy atom. The highest BCUT2D eigenvalue weighted by Gasteiger charge is 2.08. The van der Waals surface area contributed by atoms with Crippen molar-refractivity contribution in [1.29, 1.82) is 0 Å². The highest BCUT2D eigenvalue weighted by atomic mass is 79.9. The first kappa shape index (κ1) is 10.7. The van der Waals surface area contributed by atoms with Crippen LogP contribution in [0.1, 0.15) is 31.9 Å². The fraction of sp³-hybridized carbons (Fsp3) is 0.500. The summed E-state index contributed by atoms with van der Waals surface area (Å²) in [5.41, 5.74) is 7.10. The summed E-state index contributed by atoms with van der Waals surface area (Å²) in [5, 5.41) is 0. The summed E-state index contributed by atoms with van der Waals surface area (Å²) in [6.45, 7) is 4.34. The van der Waals surface area contributed by atoms with Crippen LogP contribution in [-0.2, 0) is 0 Å². The molecule has 0 bridgehead atoms. The Morgan fingerprint density at radius 3 is 2.69 bits per heavy atom. The summed E-state index contributed by atoms with van der Waals surface area (Å²) in [6, 6.07) is 2.13.